The maximum atomic E-state index is 11.9. The van der Waals surface area contributed by atoms with E-state index >= 15 is 0 Å². The molecule has 1 rings (SSSR count). The first-order valence-electron chi connectivity index (χ1n) is 5.72. The van der Waals surface area contributed by atoms with Crippen LogP contribution in [0, 0.1) is 0 Å². The van der Waals surface area contributed by atoms with Crippen molar-refractivity contribution in [2.45, 2.75) is 43.4 Å². The molecule has 1 unspecified atom stereocenters. The molecule has 7 heteroatoms. The number of carbonyl (C=O) groups excluding carboxylic acids is 1. The Morgan fingerprint density at radius 3 is 2.61 bits per heavy atom. The summed E-state index contributed by atoms with van der Waals surface area (Å²) in [5, 5.41) is 4.38. The molecule has 1 N–H and O–H groups in total. The lowest BCUT2D eigenvalue weighted by molar-refractivity contribution is 0.0934. The Labute approximate surface area is 116 Å². The summed E-state index contributed by atoms with van der Waals surface area (Å²) in [6.45, 7) is 4.06. The van der Waals surface area contributed by atoms with Crippen LogP contribution in [0.4, 0.5) is 0 Å². The van der Waals surface area contributed by atoms with Crippen molar-refractivity contribution in [2.24, 2.45) is 0 Å². The molecule has 102 valence electrons. The molecular weight excluding hydrogens is 294 g/mol. The molecule has 0 bridgehead atoms. The summed E-state index contributed by atoms with van der Waals surface area (Å²) in [7, 11) is 1.46. The summed E-state index contributed by atoms with van der Waals surface area (Å²) in [5.41, 5.74) is 0.341. The van der Waals surface area contributed by atoms with E-state index in [0.29, 0.717) is 5.56 Å². The average molecular weight is 310 g/mol. The van der Waals surface area contributed by atoms with Gasteiger partial charge in [0.25, 0.3) is 15.0 Å². The number of hydrogen-bond donors (Lipinski definition) is 1. The molecule has 18 heavy (non-hydrogen) atoms. The fourth-order valence-corrected chi connectivity index (χ4v) is 3.51. The number of amides is 1. The first-order valence-corrected chi connectivity index (χ1v) is 8.91. The zero-order valence-electron chi connectivity index (χ0n) is 10.3. The minimum Gasteiger partial charge on any atom is -0.349 e. The Hall–Kier alpha value is -0.590. The highest BCUT2D eigenvalue weighted by Crippen LogP contribution is 2.23. The maximum Gasteiger partial charge on any atom is 0.270 e. The van der Waals surface area contributed by atoms with E-state index in [9.17, 15) is 13.2 Å². The highest BCUT2D eigenvalue weighted by atomic mass is 35.7. The largest absolute Gasteiger partial charge is 0.349 e. The lowest BCUT2D eigenvalue weighted by atomic mass is 10.1. The zero-order chi connectivity index (χ0) is 13.8. The molecule has 0 fully saturated rings. The van der Waals surface area contributed by atoms with Gasteiger partial charge in [-0.1, -0.05) is 20.3 Å². The van der Waals surface area contributed by atoms with Gasteiger partial charge in [0.15, 0.2) is 0 Å². The Kier molecular flexibility index (Phi) is 5.62. The molecule has 0 radical (unpaired) electrons. The van der Waals surface area contributed by atoms with Crippen molar-refractivity contribution < 1.29 is 13.2 Å². The van der Waals surface area contributed by atoms with Gasteiger partial charge in [0.1, 0.15) is 4.21 Å². The third-order valence-corrected chi connectivity index (χ3v) is 5.58. The molecule has 0 saturated carbocycles. The van der Waals surface area contributed by atoms with Crippen LogP contribution in [0.2, 0.25) is 0 Å². The van der Waals surface area contributed by atoms with Crippen molar-refractivity contribution in [3.8, 4) is 0 Å². The molecule has 1 heterocycles. The summed E-state index contributed by atoms with van der Waals surface area (Å²) < 4.78 is 22.2. The second-order valence-corrected chi connectivity index (χ2v) is 7.66. The lowest BCUT2D eigenvalue weighted by Gasteiger charge is -2.15. The molecule has 0 aromatic carbocycles. The molecule has 1 aromatic heterocycles. The first kappa shape index (κ1) is 15.5. The number of carbonyl (C=O) groups is 1. The molecule has 0 aliphatic carbocycles. The second-order valence-electron chi connectivity index (χ2n) is 3.96. The van der Waals surface area contributed by atoms with E-state index in [0.717, 1.165) is 30.6 Å². The Morgan fingerprint density at radius 1 is 1.50 bits per heavy atom. The summed E-state index contributed by atoms with van der Waals surface area (Å²) >= 11 is 0.952. The van der Waals surface area contributed by atoms with Crippen LogP contribution in [-0.4, -0.2) is 20.4 Å². The van der Waals surface area contributed by atoms with Gasteiger partial charge in [-0.05, 0) is 18.9 Å². The number of rotatable bonds is 6. The smallest absolute Gasteiger partial charge is 0.270 e. The van der Waals surface area contributed by atoms with Gasteiger partial charge in [-0.3, -0.25) is 4.79 Å². The summed E-state index contributed by atoms with van der Waals surface area (Å²) in [6.07, 6.45) is 2.75. The quantitative estimate of drug-likeness (QED) is 0.822. The SMILES string of the molecule is CCCC(CC)NC(=O)c1csc(S(=O)(=O)Cl)c1. The number of thiophene rings is 1. The summed E-state index contributed by atoms with van der Waals surface area (Å²) in [6, 6.07) is 1.43. The van der Waals surface area contributed by atoms with E-state index in [1.54, 1.807) is 0 Å². The van der Waals surface area contributed by atoms with Crippen LogP contribution in [0.1, 0.15) is 43.5 Å². The van der Waals surface area contributed by atoms with E-state index in [1.807, 2.05) is 6.92 Å². The highest BCUT2D eigenvalue weighted by Gasteiger charge is 2.18. The monoisotopic (exact) mass is 309 g/mol. The van der Waals surface area contributed by atoms with Gasteiger partial charge in [-0.25, -0.2) is 8.42 Å². The molecule has 4 nitrogen and oxygen atoms in total. The topological polar surface area (TPSA) is 63.2 Å². The molecule has 0 aliphatic rings. The molecule has 0 spiro atoms. The minimum atomic E-state index is -3.75. The predicted octanol–water partition coefficient (Wildman–Crippen LogP) is 2.98. The summed E-state index contributed by atoms with van der Waals surface area (Å²) in [4.78, 5) is 11.9. The minimum absolute atomic E-state index is 0.00198. The number of nitrogens with one attached hydrogen (secondary N) is 1. The van der Waals surface area contributed by atoms with Gasteiger partial charge in [0.2, 0.25) is 0 Å². The van der Waals surface area contributed by atoms with E-state index < -0.39 is 9.05 Å². The van der Waals surface area contributed by atoms with Crippen molar-refractivity contribution in [3.05, 3.63) is 17.0 Å². The van der Waals surface area contributed by atoms with Crippen LogP contribution in [-0.2, 0) is 9.05 Å². The molecule has 0 saturated heterocycles. The van der Waals surface area contributed by atoms with Gasteiger partial charge in [0.05, 0.1) is 5.56 Å². The van der Waals surface area contributed by atoms with Gasteiger partial charge >= 0.3 is 0 Å². The standard InChI is InChI=1S/C11H16ClNO3S2/c1-3-5-9(4-2)13-11(14)8-6-10(17-7-8)18(12,15)16/h6-7,9H,3-5H2,1-2H3,(H,13,14). The van der Waals surface area contributed by atoms with E-state index in [1.165, 1.54) is 11.4 Å². The third kappa shape index (κ3) is 4.26. The average Bonchev–Trinajstić information content (AvgIpc) is 2.77. The fraction of sp³-hybridized carbons (Fsp3) is 0.545. The van der Waals surface area contributed by atoms with Gasteiger partial charge < -0.3 is 5.32 Å². The van der Waals surface area contributed by atoms with Crippen LogP contribution in [0.15, 0.2) is 15.7 Å². The lowest BCUT2D eigenvalue weighted by Crippen LogP contribution is -2.33. The molecular formula is C11H16ClNO3S2. The Morgan fingerprint density at radius 2 is 2.17 bits per heavy atom. The molecule has 1 aromatic rings. The van der Waals surface area contributed by atoms with Gasteiger partial charge in [0, 0.05) is 22.1 Å². The van der Waals surface area contributed by atoms with Crippen molar-refractivity contribution in [1.29, 1.82) is 0 Å². The van der Waals surface area contributed by atoms with Crippen LogP contribution >= 0.6 is 22.0 Å². The van der Waals surface area contributed by atoms with Crippen LogP contribution in [0.5, 0.6) is 0 Å². The van der Waals surface area contributed by atoms with Crippen molar-refractivity contribution in [1.82, 2.24) is 5.32 Å². The maximum absolute atomic E-state index is 11.9. The van der Waals surface area contributed by atoms with Crippen LogP contribution in [0.25, 0.3) is 0 Å². The number of halogens is 1. The Balaban J connectivity index is 2.76. The zero-order valence-corrected chi connectivity index (χ0v) is 12.7. The van der Waals surface area contributed by atoms with Crippen LogP contribution < -0.4 is 5.32 Å². The molecule has 1 amide bonds. The normalized spacial score (nSPS) is 13.3. The Bertz CT molecular complexity index is 510. The first-order chi connectivity index (χ1) is 8.38. The number of hydrogen-bond acceptors (Lipinski definition) is 4. The van der Waals surface area contributed by atoms with Crippen molar-refractivity contribution >= 4 is 37.0 Å². The third-order valence-electron chi connectivity index (χ3n) is 2.54. The highest BCUT2D eigenvalue weighted by molar-refractivity contribution is 8.15. The van der Waals surface area contributed by atoms with Crippen molar-refractivity contribution in [3.63, 3.8) is 0 Å². The molecule has 1 atom stereocenters. The predicted molar refractivity (Wildman–Crippen MR) is 73.8 cm³/mol. The van der Waals surface area contributed by atoms with Crippen molar-refractivity contribution in [2.75, 3.05) is 0 Å². The second kappa shape index (κ2) is 6.54. The van der Waals surface area contributed by atoms with E-state index in [2.05, 4.69) is 12.2 Å². The van der Waals surface area contributed by atoms with E-state index in [4.69, 9.17) is 10.7 Å². The van der Waals surface area contributed by atoms with Crippen LogP contribution in [0.3, 0.4) is 0 Å². The van der Waals surface area contributed by atoms with Gasteiger partial charge in [-0.15, -0.1) is 11.3 Å². The molecule has 0 aliphatic heterocycles. The van der Waals surface area contributed by atoms with E-state index in [-0.39, 0.29) is 16.2 Å². The van der Waals surface area contributed by atoms with Gasteiger partial charge in [-0.2, -0.15) is 0 Å². The summed E-state index contributed by atoms with van der Waals surface area (Å²) in [5.74, 6) is -0.252. The fourth-order valence-electron chi connectivity index (χ4n) is 1.56.